The molecule has 0 fully saturated rings. The van der Waals surface area contributed by atoms with Gasteiger partial charge in [-0.05, 0) is 67.5 Å². The molecule has 1 amide bonds. The van der Waals surface area contributed by atoms with Crippen LogP contribution < -0.4 is 4.90 Å². The van der Waals surface area contributed by atoms with Gasteiger partial charge in [-0.1, -0.05) is 12.1 Å². The molecule has 1 aromatic carbocycles. The molecule has 0 saturated carbocycles. The van der Waals surface area contributed by atoms with Crippen LogP contribution in [0.3, 0.4) is 0 Å². The summed E-state index contributed by atoms with van der Waals surface area (Å²) in [6, 6.07) is 4.80. The molecule has 11 heteroatoms. The lowest BCUT2D eigenvalue weighted by atomic mass is 10.0. The van der Waals surface area contributed by atoms with Gasteiger partial charge in [0, 0.05) is 11.7 Å². The van der Waals surface area contributed by atoms with E-state index in [0.717, 1.165) is 10.9 Å². The summed E-state index contributed by atoms with van der Waals surface area (Å²) in [5.41, 5.74) is -0.403. The van der Waals surface area contributed by atoms with Gasteiger partial charge < -0.3 is 5.11 Å². The Bertz CT molecular complexity index is 919. The Morgan fingerprint density at radius 3 is 2.24 bits per heavy atom. The van der Waals surface area contributed by atoms with Crippen molar-refractivity contribution >= 4 is 34.4 Å². The molecule has 5 nitrogen and oxygen atoms in total. The van der Waals surface area contributed by atoms with Crippen LogP contribution in [0.1, 0.15) is 37.6 Å². The zero-order valence-electron chi connectivity index (χ0n) is 16.0. The maximum absolute atomic E-state index is 13.6. The molecule has 0 aliphatic carbocycles. The van der Waals surface area contributed by atoms with E-state index in [1.807, 2.05) is 0 Å². The van der Waals surface area contributed by atoms with Crippen LogP contribution in [0.4, 0.5) is 32.4 Å². The first-order valence-electron chi connectivity index (χ1n) is 8.36. The number of anilines is 1. The van der Waals surface area contributed by atoms with Gasteiger partial charge in [0.05, 0.1) is 15.8 Å². The second-order valence-electron chi connectivity index (χ2n) is 7.51. The maximum Gasteiger partial charge on any atom is 0.459 e. The molecular weight excluding hydrogens is 512 g/mol. The Kier molecular flexibility index (Phi) is 6.22. The van der Waals surface area contributed by atoms with Gasteiger partial charge in [-0.15, -0.1) is 0 Å². The van der Waals surface area contributed by atoms with Gasteiger partial charge in [0.1, 0.15) is 0 Å². The van der Waals surface area contributed by atoms with Gasteiger partial charge in [-0.3, -0.25) is 9.58 Å². The van der Waals surface area contributed by atoms with Crippen molar-refractivity contribution in [2.24, 2.45) is 0 Å². The fourth-order valence-corrected chi connectivity index (χ4v) is 3.60. The van der Waals surface area contributed by atoms with Crippen molar-refractivity contribution in [1.82, 2.24) is 9.78 Å². The highest BCUT2D eigenvalue weighted by Crippen LogP contribution is 2.44. The van der Waals surface area contributed by atoms with Crippen molar-refractivity contribution in [2.45, 2.75) is 51.9 Å². The molecule has 0 unspecified atom stereocenters. The van der Waals surface area contributed by atoms with Crippen LogP contribution in [0.15, 0.2) is 24.4 Å². The molecule has 0 saturated heterocycles. The largest absolute Gasteiger partial charge is 0.465 e. The lowest BCUT2D eigenvalue weighted by Crippen LogP contribution is -2.45. The van der Waals surface area contributed by atoms with Crippen LogP contribution in [-0.2, 0) is 12.5 Å². The summed E-state index contributed by atoms with van der Waals surface area (Å²) < 4.78 is 65.7. The smallest absolute Gasteiger partial charge is 0.459 e. The molecule has 0 aliphatic rings. The number of amides is 1. The predicted molar refractivity (Wildman–Crippen MR) is 105 cm³/mol. The summed E-state index contributed by atoms with van der Waals surface area (Å²) in [6.07, 6.45) is -5.76. The quantitative estimate of drug-likeness (QED) is 0.402. The third-order valence-corrected chi connectivity index (χ3v) is 4.87. The van der Waals surface area contributed by atoms with E-state index >= 15 is 0 Å². The van der Waals surface area contributed by atoms with Crippen LogP contribution in [0.2, 0.25) is 0 Å². The minimum Gasteiger partial charge on any atom is -0.465 e. The molecular formula is C18H19F5IN3O2. The van der Waals surface area contributed by atoms with E-state index in [0.29, 0.717) is 16.8 Å². The standard InChI is InChI=1S/C18H19F5IN3O2/c1-10-7-11(5-6-13(10)27(15(28)29)16(2,3)4)8-26-9-12(24)14(25-26)17(19,20)18(21,22)23/h5-7,9H,8H2,1-4H3,(H,28,29). The monoisotopic (exact) mass is 531 g/mol. The first-order valence-corrected chi connectivity index (χ1v) is 9.44. The first-order chi connectivity index (χ1) is 13.1. The maximum atomic E-state index is 13.6. The highest BCUT2D eigenvalue weighted by Gasteiger charge is 2.61. The third-order valence-electron chi connectivity index (χ3n) is 4.08. The topological polar surface area (TPSA) is 58.4 Å². The predicted octanol–water partition coefficient (Wildman–Crippen LogP) is 5.78. The van der Waals surface area contributed by atoms with E-state index in [1.165, 1.54) is 27.5 Å². The van der Waals surface area contributed by atoms with Crippen molar-refractivity contribution in [3.63, 3.8) is 0 Å². The van der Waals surface area contributed by atoms with Crippen molar-refractivity contribution in [3.8, 4) is 0 Å². The van der Waals surface area contributed by atoms with E-state index in [9.17, 15) is 31.9 Å². The number of alkyl halides is 5. The molecule has 160 valence electrons. The van der Waals surface area contributed by atoms with Gasteiger partial charge in [0.2, 0.25) is 0 Å². The summed E-state index contributed by atoms with van der Waals surface area (Å²) in [6.45, 7) is 6.86. The van der Waals surface area contributed by atoms with E-state index in [4.69, 9.17) is 0 Å². The molecule has 0 aliphatic heterocycles. The van der Waals surface area contributed by atoms with E-state index in [2.05, 4.69) is 5.10 Å². The summed E-state index contributed by atoms with van der Waals surface area (Å²) in [5, 5.41) is 12.9. The molecule has 29 heavy (non-hydrogen) atoms. The molecule has 0 atom stereocenters. The summed E-state index contributed by atoms with van der Waals surface area (Å²) in [4.78, 5) is 12.8. The third kappa shape index (κ3) is 4.81. The minimum atomic E-state index is -5.74. The Morgan fingerprint density at radius 1 is 1.21 bits per heavy atom. The fraction of sp³-hybridized carbons (Fsp3) is 0.444. The number of rotatable bonds is 4. The number of aryl methyl sites for hydroxylation is 1. The lowest BCUT2D eigenvalue weighted by molar-refractivity contribution is -0.291. The Balaban J connectivity index is 2.35. The fourth-order valence-electron chi connectivity index (χ4n) is 2.83. The summed E-state index contributed by atoms with van der Waals surface area (Å²) >= 11 is 1.39. The molecule has 2 rings (SSSR count). The molecule has 1 aromatic heterocycles. The molecule has 0 bridgehead atoms. The number of hydrogen-bond acceptors (Lipinski definition) is 2. The van der Waals surface area contributed by atoms with Gasteiger partial charge in [0.15, 0.2) is 5.69 Å². The van der Waals surface area contributed by atoms with Crippen molar-refractivity contribution in [3.05, 3.63) is 44.8 Å². The normalized spacial score (nSPS) is 12.9. The number of halogens is 6. The van der Waals surface area contributed by atoms with E-state index in [1.54, 1.807) is 45.9 Å². The molecule has 0 spiro atoms. The SMILES string of the molecule is Cc1cc(Cn2cc(I)c(C(F)(F)C(F)(F)F)n2)ccc1N(C(=O)O)C(C)(C)C. The number of benzene rings is 1. The highest BCUT2D eigenvalue weighted by molar-refractivity contribution is 14.1. The van der Waals surface area contributed by atoms with Crippen molar-refractivity contribution in [1.29, 1.82) is 0 Å². The molecule has 2 aromatic rings. The van der Waals surface area contributed by atoms with E-state index < -0.39 is 29.4 Å². The van der Waals surface area contributed by atoms with Gasteiger partial charge >= 0.3 is 18.2 Å². The number of aromatic nitrogens is 2. The Hall–Kier alpha value is -1.92. The molecule has 1 N–H and O–H groups in total. The summed E-state index contributed by atoms with van der Waals surface area (Å²) in [7, 11) is 0. The minimum absolute atomic E-state index is 0.0480. The van der Waals surface area contributed by atoms with Crippen molar-refractivity contribution < 1.29 is 31.9 Å². The summed E-state index contributed by atoms with van der Waals surface area (Å²) in [5.74, 6) is -5.05. The van der Waals surface area contributed by atoms with Gasteiger partial charge in [-0.25, -0.2) is 4.79 Å². The first kappa shape index (κ1) is 23.4. The second-order valence-corrected chi connectivity index (χ2v) is 8.67. The van der Waals surface area contributed by atoms with Crippen LogP contribution in [0.5, 0.6) is 0 Å². The number of hydrogen-bond donors (Lipinski definition) is 1. The van der Waals surface area contributed by atoms with E-state index in [-0.39, 0.29) is 10.1 Å². The Morgan fingerprint density at radius 2 is 1.79 bits per heavy atom. The number of carbonyl (C=O) groups is 1. The molecule has 0 radical (unpaired) electrons. The van der Waals surface area contributed by atoms with Gasteiger partial charge in [-0.2, -0.15) is 27.1 Å². The molecule has 1 heterocycles. The van der Waals surface area contributed by atoms with Crippen LogP contribution in [-0.4, -0.2) is 32.7 Å². The Labute approximate surface area is 177 Å². The zero-order chi connectivity index (χ0) is 22.4. The zero-order valence-corrected chi connectivity index (χ0v) is 18.1. The van der Waals surface area contributed by atoms with Crippen molar-refractivity contribution in [2.75, 3.05) is 4.90 Å². The second kappa shape index (κ2) is 7.73. The number of nitrogens with zero attached hydrogens (tertiary/aromatic N) is 3. The van der Waals surface area contributed by atoms with Crippen LogP contribution in [0, 0.1) is 10.5 Å². The average Bonchev–Trinajstić information content (AvgIpc) is 2.88. The lowest BCUT2D eigenvalue weighted by Gasteiger charge is -2.34. The van der Waals surface area contributed by atoms with Gasteiger partial charge in [0.25, 0.3) is 0 Å². The number of carboxylic acid groups (broad SMARTS) is 1. The average molecular weight is 531 g/mol. The van der Waals surface area contributed by atoms with Crippen LogP contribution >= 0.6 is 22.6 Å². The van der Waals surface area contributed by atoms with Crippen LogP contribution in [0.25, 0.3) is 0 Å². The highest BCUT2D eigenvalue weighted by atomic mass is 127.